The number of amides is 1. The van der Waals surface area contributed by atoms with Gasteiger partial charge in [0.05, 0.1) is 6.61 Å². The van der Waals surface area contributed by atoms with Crippen LogP contribution in [0, 0.1) is 0 Å². The van der Waals surface area contributed by atoms with Crippen molar-refractivity contribution in [3.8, 4) is 0 Å². The summed E-state index contributed by atoms with van der Waals surface area (Å²) in [5.41, 5.74) is 0. The van der Waals surface area contributed by atoms with Crippen LogP contribution in [-0.4, -0.2) is 26.2 Å². The van der Waals surface area contributed by atoms with Crippen molar-refractivity contribution in [3.05, 3.63) is 12.2 Å². The standard InChI is InChI=1S/C9H17NO2/c1-3-4-5-6-9(11)10-7-8-12-2/h4-5H,3,6-8H2,1-2H3,(H,10,11)/b5-4+. The van der Waals surface area contributed by atoms with E-state index >= 15 is 0 Å². The average molecular weight is 171 g/mol. The van der Waals surface area contributed by atoms with Crippen LogP contribution in [-0.2, 0) is 9.53 Å². The molecule has 0 spiro atoms. The summed E-state index contributed by atoms with van der Waals surface area (Å²) >= 11 is 0. The molecular formula is C9H17NO2. The van der Waals surface area contributed by atoms with Crippen LogP contribution in [0.5, 0.6) is 0 Å². The largest absolute Gasteiger partial charge is 0.383 e. The van der Waals surface area contributed by atoms with E-state index in [0.29, 0.717) is 19.6 Å². The molecule has 0 saturated carbocycles. The summed E-state index contributed by atoms with van der Waals surface area (Å²) in [6.07, 6.45) is 5.31. The minimum Gasteiger partial charge on any atom is -0.383 e. The van der Waals surface area contributed by atoms with Crippen molar-refractivity contribution < 1.29 is 9.53 Å². The highest BCUT2D eigenvalue weighted by molar-refractivity contribution is 5.77. The number of ether oxygens (including phenoxy) is 1. The Hall–Kier alpha value is -0.830. The molecule has 0 aliphatic rings. The van der Waals surface area contributed by atoms with Gasteiger partial charge in [0, 0.05) is 20.1 Å². The summed E-state index contributed by atoms with van der Waals surface area (Å²) in [5.74, 6) is 0.0525. The van der Waals surface area contributed by atoms with Gasteiger partial charge in [0.15, 0.2) is 0 Å². The molecule has 0 aliphatic heterocycles. The van der Waals surface area contributed by atoms with Crippen molar-refractivity contribution in [2.24, 2.45) is 0 Å². The summed E-state index contributed by atoms with van der Waals surface area (Å²) in [7, 11) is 1.61. The number of hydrogen-bond acceptors (Lipinski definition) is 2. The molecule has 0 radical (unpaired) electrons. The molecule has 1 N–H and O–H groups in total. The predicted octanol–water partition coefficient (Wildman–Crippen LogP) is 1.11. The van der Waals surface area contributed by atoms with Gasteiger partial charge >= 0.3 is 0 Å². The first-order valence-corrected chi connectivity index (χ1v) is 4.22. The maximum Gasteiger partial charge on any atom is 0.223 e. The molecular weight excluding hydrogens is 154 g/mol. The molecule has 0 bridgehead atoms. The molecule has 12 heavy (non-hydrogen) atoms. The molecule has 3 nitrogen and oxygen atoms in total. The van der Waals surface area contributed by atoms with E-state index in [1.165, 1.54) is 0 Å². The topological polar surface area (TPSA) is 38.3 Å². The Labute approximate surface area is 73.8 Å². The second kappa shape index (κ2) is 8.27. The molecule has 0 fully saturated rings. The maximum atomic E-state index is 11.0. The Kier molecular flexibility index (Phi) is 7.70. The molecule has 0 atom stereocenters. The third kappa shape index (κ3) is 7.28. The fraction of sp³-hybridized carbons (Fsp3) is 0.667. The number of carbonyl (C=O) groups is 1. The van der Waals surface area contributed by atoms with Gasteiger partial charge in [-0.25, -0.2) is 0 Å². The lowest BCUT2D eigenvalue weighted by atomic mass is 10.3. The van der Waals surface area contributed by atoms with Crippen molar-refractivity contribution >= 4 is 5.91 Å². The summed E-state index contributed by atoms with van der Waals surface area (Å²) in [4.78, 5) is 11.0. The number of rotatable bonds is 6. The molecule has 3 heteroatoms. The van der Waals surface area contributed by atoms with Gasteiger partial charge in [0.1, 0.15) is 0 Å². The second-order valence-electron chi connectivity index (χ2n) is 2.43. The van der Waals surface area contributed by atoms with E-state index in [9.17, 15) is 4.79 Å². The summed E-state index contributed by atoms with van der Waals surface area (Å²) in [6, 6.07) is 0. The van der Waals surface area contributed by atoms with Crippen LogP contribution in [0.4, 0.5) is 0 Å². The number of carbonyl (C=O) groups excluding carboxylic acids is 1. The smallest absolute Gasteiger partial charge is 0.223 e. The lowest BCUT2D eigenvalue weighted by molar-refractivity contribution is -0.120. The molecule has 0 aromatic carbocycles. The molecule has 0 aliphatic carbocycles. The Balaban J connectivity index is 3.27. The maximum absolute atomic E-state index is 11.0. The molecule has 0 aromatic heterocycles. The van der Waals surface area contributed by atoms with Crippen LogP contribution in [0.25, 0.3) is 0 Å². The summed E-state index contributed by atoms with van der Waals surface area (Å²) < 4.78 is 4.79. The molecule has 0 rings (SSSR count). The highest BCUT2D eigenvalue weighted by Crippen LogP contribution is 1.85. The fourth-order valence-electron chi connectivity index (χ4n) is 0.722. The molecule has 1 amide bonds. The number of allylic oxidation sites excluding steroid dienone is 1. The second-order valence-corrected chi connectivity index (χ2v) is 2.43. The SMILES string of the molecule is CC/C=C/CC(=O)NCCOC. The third-order valence-corrected chi connectivity index (χ3v) is 1.33. The van der Waals surface area contributed by atoms with Crippen molar-refractivity contribution in [3.63, 3.8) is 0 Å². The van der Waals surface area contributed by atoms with Gasteiger partial charge in [-0.05, 0) is 6.42 Å². The van der Waals surface area contributed by atoms with E-state index in [4.69, 9.17) is 4.74 Å². The van der Waals surface area contributed by atoms with Crippen LogP contribution in [0.3, 0.4) is 0 Å². The van der Waals surface area contributed by atoms with Gasteiger partial charge in [-0.3, -0.25) is 4.79 Å². The average Bonchev–Trinajstić information content (AvgIpc) is 2.06. The van der Waals surface area contributed by atoms with Gasteiger partial charge in [-0.1, -0.05) is 19.1 Å². The molecule has 0 heterocycles. The van der Waals surface area contributed by atoms with E-state index in [0.717, 1.165) is 6.42 Å². The van der Waals surface area contributed by atoms with Crippen LogP contribution < -0.4 is 5.32 Å². The van der Waals surface area contributed by atoms with Crippen LogP contribution in [0.2, 0.25) is 0 Å². The first-order valence-electron chi connectivity index (χ1n) is 4.22. The summed E-state index contributed by atoms with van der Waals surface area (Å²) in [6.45, 7) is 3.21. The molecule has 0 unspecified atom stereocenters. The van der Waals surface area contributed by atoms with Crippen LogP contribution in [0.1, 0.15) is 19.8 Å². The Morgan fingerprint density at radius 1 is 1.50 bits per heavy atom. The zero-order valence-electron chi connectivity index (χ0n) is 7.80. The van der Waals surface area contributed by atoms with Crippen molar-refractivity contribution in [2.75, 3.05) is 20.3 Å². The van der Waals surface area contributed by atoms with Gasteiger partial charge in [0.2, 0.25) is 5.91 Å². The lowest BCUT2D eigenvalue weighted by Crippen LogP contribution is -2.26. The lowest BCUT2D eigenvalue weighted by Gasteiger charge is -2.00. The number of methoxy groups -OCH3 is 1. The Morgan fingerprint density at radius 3 is 2.83 bits per heavy atom. The number of nitrogens with one attached hydrogen (secondary N) is 1. The monoisotopic (exact) mass is 171 g/mol. The minimum atomic E-state index is 0.0525. The third-order valence-electron chi connectivity index (χ3n) is 1.33. The van der Waals surface area contributed by atoms with E-state index in [1.54, 1.807) is 7.11 Å². The first kappa shape index (κ1) is 11.2. The van der Waals surface area contributed by atoms with Gasteiger partial charge in [-0.15, -0.1) is 0 Å². The normalized spacial score (nSPS) is 10.5. The fourth-order valence-corrected chi connectivity index (χ4v) is 0.722. The Bertz CT molecular complexity index is 143. The minimum absolute atomic E-state index is 0.0525. The van der Waals surface area contributed by atoms with Gasteiger partial charge < -0.3 is 10.1 Å². The predicted molar refractivity (Wildman–Crippen MR) is 48.9 cm³/mol. The van der Waals surface area contributed by atoms with Crippen LogP contribution in [0.15, 0.2) is 12.2 Å². The van der Waals surface area contributed by atoms with E-state index < -0.39 is 0 Å². The highest BCUT2D eigenvalue weighted by Gasteiger charge is 1.94. The molecule has 70 valence electrons. The highest BCUT2D eigenvalue weighted by atomic mass is 16.5. The number of hydrogen-bond donors (Lipinski definition) is 1. The Morgan fingerprint density at radius 2 is 2.25 bits per heavy atom. The van der Waals surface area contributed by atoms with Crippen molar-refractivity contribution in [1.82, 2.24) is 5.32 Å². The zero-order chi connectivity index (χ0) is 9.23. The van der Waals surface area contributed by atoms with Crippen molar-refractivity contribution in [2.45, 2.75) is 19.8 Å². The zero-order valence-corrected chi connectivity index (χ0v) is 7.80. The van der Waals surface area contributed by atoms with Gasteiger partial charge in [-0.2, -0.15) is 0 Å². The molecule has 0 aromatic rings. The van der Waals surface area contributed by atoms with E-state index in [1.807, 2.05) is 19.1 Å². The van der Waals surface area contributed by atoms with Crippen molar-refractivity contribution in [1.29, 1.82) is 0 Å². The van der Waals surface area contributed by atoms with Crippen LogP contribution >= 0.6 is 0 Å². The van der Waals surface area contributed by atoms with E-state index in [-0.39, 0.29) is 5.91 Å². The summed E-state index contributed by atoms with van der Waals surface area (Å²) in [5, 5.41) is 2.73. The molecule has 0 saturated heterocycles. The first-order chi connectivity index (χ1) is 5.81. The van der Waals surface area contributed by atoms with Gasteiger partial charge in [0.25, 0.3) is 0 Å². The quantitative estimate of drug-likeness (QED) is 0.480. The van der Waals surface area contributed by atoms with E-state index in [2.05, 4.69) is 5.32 Å².